The van der Waals surface area contributed by atoms with E-state index in [2.05, 4.69) is 19.8 Å². The number of carbonyl (C=O) groups is 4. The van der Waals surface area contributed by atoms with Gasteiger partial charge in [-0.25, -0.2) is 19.4 Å². The number of benzene rings is 2. The van der Waals surface area contributed by atoms with Gasteiger partial charge in [-0.15, -0.1) is 11.3 Å². The number of anilines is 1. The molecule has 0 saturated heterocycles. The zero-order chi connectivity index (χ0) is 23.1. The van der Waals surface area contributed by atoms with Crippen LogP contribution in [0.4, 0.5) is 5.69 Å². The molecule has 1 aromatic heterocycles. The number of nitrogens with zero attached hydrogens (tertiary/aromatic N) is 1. The van der Waals surface area contributed by atoms with Gasteiger partial charge in [-0.1, -0.05) is 12.1 Å². The first-order valence-electron chi connectivity index (χ1n) is 9.21. The molecule has 164 valence electrons. The van der Waals surface area contributed by atoms with Crippen molar-refractivity contribution in [3.63, 3.8) is 0 Å². The van der Waals surface area contributed by atoms with Crippen LogP contribution in [-0.2, 0) is 23.8 Å². The van der Waals surface area contributed by atoms with Crippen molar-refractivity contribution < 1.29 is 33.4 Å². The van der Waals surface area contributed by atoms with Crippen LogP contribution in [0.2, 0.25) is 0 Å². The van der Waals surface area contributed by atoms with Crippen molar-refractivity contribution in [3.05, 3.63) is 64.7 Å². The molecule has 3 rings (SSSR count). The number of thiazole rings is 1. The quantitative estimate of drug-likeness (QED) is 0.328. The Morgan fingerprint density at radius 1 is 1.00 bits per heavy atom. The van der Waals surface area contributed by atoms with Gasteiger partial charge in [-0.05, 0) is 36.4 Å². The van der Waals surface area contributed by atoms with Crippen LogP contribution in [0.25, 0.3) is 16.3 Å². The van der Waals surface area contributed by atoms with Gasteiger partial charge in [0.2, 0.25) is 0 Å². The summed E-state index contributed by atoms with van der Waals surface area (Å²) in [4.78, 5) is 52.1. The molecule has 0 aliphatic carbocycles. The predicted molar refractivity (Wildman–Crippen MR) is 117 cm³/mol. The fourth-order valence-electron chi connectivity index (χ4n) is 2.65. The average molecular weight is 454 g/mol. The molecule has 1 heterocycles. The number of ether oxygens (including phenoxy) is 3. The molecule has 0 spiro atoms. The maximum Gasteiger partial charge on any atom is 0.337 e. The molecular weight excluding hydrogens is 436 g/mol. The van der Waals surface area contributed by atoms with E-state index in [9.17, 15) is 19.2 Å². The maximum atomic E-state index is 12.2. The molecule has 0 atom stereocenters. The van der Waals surface area contributed by atoms with E-state index in [0.717, 1.165) is 10.2 Å². The molecule has 0 fully saturated rings. The van der Waals surface area contributed by atoms with Crippen molar-refractivity contribution >= 4 is 57.1 Å². The molecule has 0 saturated carbocycles. The van der Waals surface area contributed by atoms with Crippen LogP contribution < -0.4 is 5.32 Å². The third-order valence-electron chi connectivity index (χ3n) is 4.08. The number of hydrogen-bond donors (Lipinski definition) is 1. The SMILES string of the molecule is COC(=O)c1cc(NC(=O)COC(=O)C=Cc2nc3ccccc3s2)cc(C(=O)OC)c1. The molecule has 0 radical (unpaired) electrons. The van der Waals surface area contributed by atoms with Crippen LogP contribution in [0.5, 0.6) is 0 Å². The Morgan fingerprint density at radius 2 is 1.66 bits per heavy atom. The zero-order valence-corrected chi connectivity index (χ0v) is 17.9. The fourth-order valence-corrected chi connectivity index (χ4v) is 3.52. The first-order chi connectivity index (χ1) is 15.4. The van der Waals surface area contributed by atoms with Crippen molar-refractivity contribution in [2.75, 3.05) is 26.1 Å². The normalized spacial score (nSPS) is 10.7. The lowest BCUT2D eigenvalue weighted by Gasteiger charge is -2.09. The van der Waals surface area contributed by atoms with Gasteiger partial charge < -0.3 is 19.5 Å². The average Bonchev–Trinajstić information content (AvgIpc) is 3.23. The van der Waals surface area contributed by atoms with Crippen molar-refractivity contribution in [1.29, 1.82) is 0 Å². The highest BCUT2D eigenvalue weighted by Crippen LogP contribution is 2.22. The van der Waals surface area contributed by atoms with E-state index in [1.807, 2.05) is 24.3 Å². The molecule has 9 nitrogen and oxygen atoms in total. The number of methoxy groups -OCH3 is 2. The highest BCUT2D eigenvalue weighted by Gasteiger charge is 2.15. The summed E-state index contributed by atoms with van der Waals surface area (Å²) < 4.78 is 15.2. The monoisotopic (exact) mass is 454 g/mol. The van der Waals surface area contributed by atoms with Crippen molar-refractivity contribution in [2.24, 2.45) is 0 Å². The lowest BCUT2D eigenvalue weighted by Crippen LogP contribution is -2.20. The van der Waals surface area contributed by atoms with E-state index >= 15 is 0 Å². The van der Waals surface area contributed by atoms with Gasteiger partial charge in [-0.3, -0.25) is 4.79 Å². The summed E-state index contributed by atoms with van der Waals surface area (Å²) in [6, 6.07) is 11.5. The van der Waals surface area contributed by atoms with Gasteiger partial charge >= 0.3 is 17.9 Å². The van der Waals surface area contributed by atoms with E-state index in [1.165, 1.54) is 55.9 Å². The lowest BCUT2D eigenvalue weighted by atomic mass is 10.1. The molecule has 10 heteroatoms. The standard InChI is InChI=1S/C22H18N2O7S/c1-29-21(27)13-9-14(22(28)30-2)11-15(10-13)23-18(25)12-31-20(26)8-7-19-24-16-5-3-4-6-17(16)32-19/h3-11H,12H2,1-2H3,(H,23,25). The number of aromatic nitrogens is 1. The molecule has 32 heavy (non-hydrogen) atoms. The lowest BCUT2D eigenvalue weighted by molar-refractivity contribution is -0.142. The Morgan fingerprint density at radius 3 is 2.28 bits per heavy atom. The fraction of sp³-hybridized carbons (Fsp3) is 0.136. The second kappa shape index (κ2) is 10.3. The van der Waals surface area contributed by atoms with Gasteiger partial charge in [0.05, 0.1) is 35.6 Å². The van der Waals surface area contributed by atoms with E-state index in [-0.39, 0.29) is 16.8 Å². The van der Waals surface area contributed by atoms with Gasteiger partial charge in [0.1, 0.15) is 5.01 Å². The van der Waals surface area contributed by atoms with Crippen LogP contribution in [0.1, 0.15) is 25.7 Å². The Hall–Kier alpha value is -4.05. The highest BCUT2D eigenvalue weighted by molar-refractivity contribution is 7.19. The molecule has 2 aromatic carbocycles. The molecule has 0 unspecified atom stereocenters. The van der Waals surface area contributed by atoms with E-state index < -0.39 is 30.4 Å². The number of nitrogens with one attached hydrogen (secondary N) is 1. The number of hydrogen-bond acceptors (Lipinski definition) is 9. The maximum absolute atomic E-state index is 12.2. The summed E-state index contributed by atoms with van der Waals surface area (Å²) >= 11 is 1.42. The molecule has 0 aliphatic rings. The van der Waals surface area contributed by atoms with Gasteiger partial charge in [0.15, 0.2) is 6.61 Å². The van der Waals surface area contributed by atoms with Gasteiger partial charge in [0, 0.05) is 11.8 Å². The Balaban J connectivity index is 1.60. The van der Waals surface area contributed by atoms with Crippen molar-refractivity contribution in [3.8, 4) is 0 Å². The number of esters is 3. The van der Waals surface area contributed by atoms with Crippen molar-refractivity contribution in [2.45, 2.75) is 0 Å². The third-order valence-corrected chi connectivity index (χ3v) is 5.08. The molecule has 1 amide bonds. The Labute approximate surface area is 186 Å². The zero-order valence-electron chi connectivity index (χ0n) is 17.1. The minimum absolute atomic E-state index is 0.0430. The first-order valence-corrected chi connectivity index (χ1v) is 10.0. The van der Waals surface area contributed by atoms with Gasteiger partial charge in [0.25, 0.3) is 5.91 Å². The second-order valence-corrected chi connectivity index (χ2v) is 7.35. The Kier molecular flexibility index (Phi) is 7.29. The van der Waals surface area contributed by atoms with Crippen LogP contribution in [0, 0.1) is 0 Å². The summed E-state index contributed by atoms with van der Waals surface area (Å²) in [6.45, 7) is -0.570. The Bertz CT molecular complexity index is 1150. The number of carbonyl (C=O) groups excluding carboxylic acids is 4. The van der Waals surface area contributed by atoms with Crippen LogP contribution >= 0.6 is 11.3 Å². The smallest absolute Gasteiger partial charge is 0.337 e. The predicted octanol–water partition coefficient (Wildman–Crippen LogP) is 3.06. The van der Waals surface area contributed by atoms with E-state index in [0.29, 0.717) is 5.01 Å². The van der Waals surface area contributed by atoms with E-state index in [4.69, 9.17) is 4.74 Å². The number of para-hydroxylation sites is 1. The summed E-state index contributed by atoms with van der Waals surface area (Å²) in [6.07, 6.45) is 2.69. The van der Waals surface area contributed by atoms with Crippen LogP contribution in [0.15, 0.2) is 48.5 Å². The first kappa shape index (κ1) is 22.6. The summed E-state index contributed by atoms with van der Waals surface area (Å²) in [7, 11) is 2.37. The molecule has 0 aliphatic heterocycles. The minimum Gasteiger partial charge on any atom is -0.465 e. The number of fused-ring (bicyclic) bond motifs is 1. The van der Waals surface area contributed by atoms with Crippen molar-refractivity contribution in [1.82, 2.24) is 4.98 Å². The summed E-state index contributed by atoms with van der Waals surface area (Å²) in [5, 5.41) is 3.09. The minimum atomic E-state index is -0.724. The molecule has 1 N–H and O–H groups in total. The highest BCUT2D eigenvalue weighted by atomic mass is 32.1. The number of rotatable bonds is 7. The third kappa shape index (κ3) is 5.76. The molecule has 0 bridgehead atoms. The van der Waals surface area contributed by atoms with E-state index in [1.54, 1.807) is 0 Å². The summed E-state index contributed by atoms with van der Waals surface area (Å²) in [5.41, 5.74) is 1.05. The van der Waals surface area contributed by atoms with Gasteiger partial charge in [-0.2, -0.15) is 0 Å². The number of amides is 1. The molecule has 3 aromatic rings. The topological polar surface area (TPSA) is 121 Å². The van der Waals surface area contributed by atoms with Crippen LogP contribution in [-0.4, -0.2) is 49.6 Å². The van der Waals surface area contributed by atoms with Crippen LogP contribution in [0.3, 0.4) is 0 Å². The largest absolute Gasteiger partial charge is 0.465 e. The second-order valence-electron chi connectivity index (χ2n) is 6.29. The molecular formula is C22H18N2O7S. The summed E-state index contributed by atoms with van der Waals surface area (Å²) in [5.74, 6) is -2.78.